The van der Waals surface area contributed by atoms with Crippen molar-refractivity contribution in [1.29, 1.82) is 0 Å². The van der Waals surface area contributed by atoms with Crippen LogP contribution in [0.4, 0.5) is 0 Å². The van der Waals surface area contributed by atoms with Gasteiger partial charge in [-0.05, 0) is 64.7 Å². The van der Waals surface area contributed by atoms with Crippen LogP contribution >= 0.6 is 0 Å². The zero-order valence-electron chi connectivity index (χ0n) is 15.7. The first-order chi connectivity index (χ1) is 11.7. The Bertz CT molecular complexity index is 507. The van der Waals surface area contributed by atoms with Gasteiger partial charge >= 0.3 is 0 Å². The van der Waals surface area contributed by atoms with Gasteiger partial charge in [-0.25, -0.2) is 4.98 Å². The van der Waals surface area contributed by atoms with Crippen LogP contribution in [0, 0.1) is 12.8 Å². The molecule has 136 valence electrons. The van der Waals surface area contributed by atoms with Gasteiger partial charge in [0.05, 0.1) is 0 Å². The fourth-order valence-corrected chi connectivity index (χ4v) is 4.44. The summed E-state index contributed by atoms with van der Waals surface area (Å²) < 4.78 is 7.68. The second-order valence-corrected chi connectivity index (χ2v) is 7.53. The third-order valence-electron chi connectivity index (χ3n) is 5.92. The molecule has 0 N–H and O–H groups in total. The SMILES string of the molecule is CCN1CCC(N2CCCC(Cn3c(C)cnc3COC)C2)CC1. The summed E-state index contributed by atoms with van der Waals surface area (Å²) >= 11 is 0. The molecule has 0 saturated carbocycles. The van der Waals surface area contributed by atoms with Crippen molar-refractivity contribution in [2.24, 2.45) is 5.92 Å². The molecule has 0 aliphatic carbocycles. The molecular weight excluding hydrogens is 300 g/mol. The van der Waals surface area contributed by atoms with Crippen molar-refractivity contribution in [2.45, 2.75) is 58.7 Å². The second kappa shape index (κ2) is 8.45. The van der Waals surface area contributed by atoms with E-state index in [2.05, 4.69) is 33.2 Å². The Morgan fingerprint density at radius 3 is 2.71 bits per heavy atom. The van der Waals surface area contributed by atoms with Crippen LogP contribution in [0.5, 0.6) is 0 Å². The molecule has 3 heterocycles. The summed E-state index contributed by atoms with van der Waals surface area (Å²) in [4.78, 5) is 9.88. The van der Waals surface area contributed by atoms with Gasteiger partial charge in [0, 0.05) is 38.1 Å². The largest absolute Gasteiger partial charge is 0.377 e. The summed E-state index contributed by atoms with van der Waals surface area (Å²) in [5.41, 5.74) is 1.26. The van der Waals surface area contributed by atoms with E-state index in [4.69, 9.17) is 4.74 Å². The monoisotopic (exact) mass is 334 g/mol. The van der Waals surface area contributed by atoms with Crippen LogP contribution in [-0.4, -0.2) is 65.2 Å². The van der Waals surface area contributed by atoms with Crippen LogP contribution in [0.15, 0.2) is 6.20 Å². The van der Waals surface area contributed by atoms with E-state index >= 15 is 0 Å². The van der Waals surface area contributed by atoms with Crippen molar-refractivity contribution >= 4 is 0 Å². The fourth-order valence-electron chi connectivity index (χ4n) is 4.44. The van der Waals surface area contributed by atoms with Gasteiger partial charge in [-0.3, -0.25) is 4.90 Å². The zero-order chi connectivity index (χ0) is 16.9. The smallest absolute Gasteiger partial charge is 0.134 e. The van der Waals surface area contributed by atoms with E-state index in [-0.39, 0.29) is 0 Å². The molecule has 0 radical (unpaired) electrons. The summed E-state index contributed by atoms with van der Waals surface area (Å²) in [6, 6.07) is 0.804. The molecule has 0 amide bonds. The second-order valence-electron chi connectivity index (χ2n) is 7.53. The Balaban J connectivity index is 1.57. The van der Waals surface area contributed by atoms with Crippen molar-refractivity contribution in [3.05, 3.63) is 17.7 Å². The van der Waals surface area contributed by atoms with Crippen LogP contribution in [-0.2, 0) is 17.9 Å². The van der Waals surface area contributed by atoms with Gasteiger partial charge in [0.2, 0.25) is 0 Å². The van der Waals surface area contributed by atoms with Crippen LogP contribution < -0.4 is 0 Å². The lowest BCUT2D eigenvalue weighted by molar-refractivity contribution is 0.0680. The molecule has 1 unspecified atom stereocenters. The van der Waals surface area contributed by atoms with Crippen molar-refractivity contribution < 1.29 is 4.74 Å². The number of hydrogen-bond acceptors (Lipinski definition) is 4. The summed E-state index contributed by atoms with van der Waals surface area (Å²) in [7, 11) is 1.75. The molecule has 2 saturated heterocycles. The van der Waals surface area contributed by atoms with E-state index in [9.17, 15) is 0 Å². The molecule has 0 bridgehead atoms. The van der Waals surface area contributed by atoms with E-state index < -0.39 is 0 Å². The minimum Gasteiger partial charge on any atom is -0.377 e. The molecule has 5 heteroatoms. The lowest BCUT2D eigenvalue weighted by atomic mass is 9.93. The molecule has 1 aromatic heterocycles. The Labute approximate surface area is 147 Å². The maximum atomic E-state index is 5.31. The predicted molar refractivity (Wildman–Crippen MR) is 97.1 cm³/mol. The van der Waals surface area contributed by atoms with Crippen LogP contribution in [0.1, 0.15) is 44.1 Å². The Kier molecular flexibility index (Phi) is 6.31. The number of nitrogens with zero attached hydrogens (tertiary/aromatic N) is 4. The molecule has 0 aromatic carbocycles. The maximum absolute atomic E-state index is 5.31. The lowest BCUT2D eigenvalue weighted by Crippen LogP contribution is -2.48. The van der Waals surface area contributed by atoms with E-state index in [1.807, 2.05) is 6.20 Å². The van der Waals surface area contributed by atoms with Crippen molar-refractivity contribution in [2.75, 3.05) is 39.8 Å². The summed E-state index contributed by atoms with van der Waals surface area (Å²) in [6.45, 7) is 12.4. The van der Waals surface area contributed by atoms with Gasteiger partial charge in [0.1, 0.15) is 12.4 Å². The van der Waals surface area contributed by atoms with Gasteiger partial charge < -0.3 is 14.2 Å². The average molecular weight is 335 g/mol. The maximum Gasteiger partial charge on any atom is 0.134 e. The number of likely N-dealkylation sites (tertiary alicyclic amines) is 2. The van der Waals surface area contributed by atoms with Gasteiger partial charge in [-0.1, -0.05) is 6.92 Å². The first-order valence-corrected chi connectivity index (χ1v) is 9.67. The molecule has 1 atom stereocenters. The Hall–Kier alpha value is -0.910. The molecule has 5 nitrogen and oxygen atoms in total. The summed E-state index contributed by atoms with van der Waals surface area (Å²) in [5.74, 6) is 1.81. The fraction of sp³-hybridized carbons (Fsp3) is 0.842. The first kappa shape index (κ1) is 17.9. The molecule has 2 aliphatic rings. The zero-order valence-corrected chi connectivity index (χ0v) is 15.7. The normalized spacial score (nSPS) is 24.5. The highest BCUT2D eigenvalue weighted by atomic mass is 16.5. The van der Waals surface area contributed by atoms with E-state index in [0.29, 0.717) is 6.61 Å². The highest BCUT2D eigenvalue weighted by molar-refractivity contribution is 5.03. The minimum atomic E-state index is 0.611. The first-order valence-electron chi connectivity index (χ1n) is 9.67. The average Bonchev–Trinajstić information content (AvgIpc) is 2.96. The Morgan fingerprint density at radius 1 is 1.21 bits per heavy atom. The number of ether oxygens (including phenoxy) is 1. The van der Waals surface area contributed by atoms with Crippen LogP contribution in [0.25, 0.3) is 0 Å². The number of imidazole rings is 1. The van der Waals surface area contributed by atoms with Gasteiger partial charge in [-0.2, -0.15) is 0 Å². The van der Waals surface area contributed by atoms with Crippen LogP contribution in [0.3, 0.4) is 0 Å². The van der Waals surface area contributed by atoms with Crippen molar-refractivity contribution in [3.8, 4) is 0 Å². The van der Waals surface area contributed by atoms with E-state index in [1.165, 1.54) is 64.1 Å². The highest BCUT2D eigenvalue weighted by Crippen LogP contribution is 2.25. The van der Waals surface area contributed by atoms with Crippen molar-refractivity contribution in [3.63, 3.8) is 0 Å². The number of rotatable bonds is 6. The lowest BCUT2D eigenvalue weighted by Gasteiger charge is -2.42. The topological polar surface area (TPSA) is 33.5 Å². The quantitative estimate of drug-likeness (QED) is 0.800. The molecule has 24 heavy (non-hydrogen) atoms. The van der Waals surface area contributed by atoms with Gasteiger partial charge in [-0.15, -0.1) is 0 Å². The molecular formula is C19H34N4O. The summed E-state index contributed by atoms with van der Waals surface area (Å²) in [6.07, 6.45) is 7.36. The Morgan fingerprint density at radius 2 is 2.00 bits per heavy atom. The third-order valence-corrected chi connectivity index (χ3v) is 5.92. The number of hydrogen-bond donors (Lipinski definition) is 0. The van der Waals surface area contributed by atoms with E-state index in [0.717, 1.165) is 24.3 Å². The molecule has 3 rings (SSSR count). The van der Waals surface area contributed by atoms with Crippen molar-refractivity contribution in [1.82, 2.24) is 19.4 Å². The number of piperidine rings is 2. The minimum absolute atomic E-state index is 0.611. The molecule has 2 fully saturated rings. The number of aromatic nitrogens is 2. The standard InChI is InChI=1S/C19H34N4O/c1-4-21-10-7-18(8-11-21)22-9-5-6-17(13-22)14-23-16(2)12-20-19(23)15-24-3/h12,17-18H,4-11,13-15H2,1-3H3. The highest BCUT2D eigenvalue weighted by Gasteiger charge is 2.29. The number of aryl methyl sites for hydroxylation is 1. The van der Waals surface area contributed by atoms with Gasteiger partial charge in [0.15, 0.2) is 0 Å². The third kappa shape index (κ3) is 4.19. The number of methoxy groups -OCH3 is 1. The predicted octanol–water partition coefficient (Wildman–Crippen LogP) is 2.53. The molecule has 1 aromatic rings. The molecule has 2 aliphatic heterocycles. The van der Waals surface area contributed by atoms with E-state index in [1.54, 1.807) is 7.11 Å². The van der Waals surface area contributed by atoms with Crippen LogP contribution in [0.2, 0.25) is 0 Å². The molecule has 0 spiro atoms. The summed E-state index contributed by atoms with van der Waals surface area (Å²) in [5, 5.41) is 0. The van der Waals surface area contributed by atoms with Gasteiger partial charge in [0.25, 0.3) is 0 Å².